The minimum absolute atomic E-state index is 0.0190. The van der Waals surface area contributed by atoms with E-state index in [1.807, 2.05) is 53.4 Å². The molecule has 8 nitrogen and oxygen atoms in total. The molecule has 0 radical (unpaired) electrons. The molecule has 2 aliphatic rings. The molecular formula is C24H28N4O4. The summed E-state index contributed by atoms with van der Waals surface area (Å²) in [5, 5.41) is 3.54. The zero-order valence-electron chi connectivity index (χ0n) is 18.4. The van der Waals surface area contributed by atoms with Crippen LogP contribution in [0.2, 0.25) is 0 Å². The van der Waals surface area contributed by atoms with E-state index in [1.54, 1.807) is 14.0 Å². The number of nitrogens with zero attached hydrogens (tertiary/aromatic N) is 2. The molecule has 4 rings (SSSR count). The Kier molecular flexibility index (Phi) is 6.03. The fraction of sp³-hybridized carbons (Fsp3) is 0.375. The summed E-state index contributed by atoms with van der Waals surface area (Å²) in [7, 11) is 1.60. The summed E-state index contributed by atoms with van der Waals surface area (Å²) in [4.78, 5) is 40.2. The number of benzene rings is 2. The number of para-hydroxylation sites is 1. The fourth-order valence-electron chi connectivity index (χ4n) is 4.35. The third-order valence-corrected chi connectivity index (χ3v) is 6.08. The fourth-order valence-corrected chi connectivity index (χ4v) is 4.35. The lowest BCUT2D eigenvalue weighted by Gasteiger charge is -2.32. The summed E-state index contributed by atoms with van der Waals surface area (Å²) in [6, 6.07) is 15.0. The van der Waals surface area contributed by atoms with Crippen molar-refractivity contribution < 1.29 is 19.1 Å². The Morgan fingerprint density at radius 3 is 2.69 bits per heavy atom. The summed E-state index contributed by atoms with van der Waals surface area (Å²) in [6.07, 6.45) is 2.89. The summed E-state index contributed by atoms with van der Waals surface area (Å²) < 4.78 is 5.48. The van der Waals surface area contributed by atoms with Crippen molar-refractivity contribution in [3.05, 3.63) is 59.7 Å². The van der Waals surface area contributed by atoms with Crippen LogP contribution in [-0.2, 0) is 22.4 Å². The van der Waals surface area contributed by atoms with Gasteiger partial charge in [-0.25, -0.2) is 4.79 Å². The molecule has 0 bridgehead atoms. The van der Waals surface area contributed by atoms with Crippen molar-refractivity contribution in [2.24, 2.45) is 0 Å². The highest BCUT2D eigenvalue weighted by molar-refractivity contribution is 6.07. The Labute approximate surface area is 187 Å². The van der Waals surface area contributed by atoms with Gasteiger partial charge in [0.15, 0.2) is 0 Å². The summed E-state index contributed by atoms with van der Waals surface area (Å²) in [6.45, 7) is 2.40. The second-order valence-corrected chi connectivity index (χ2v) is 8.42. The number of nitrogens with one attached hydrogen (secondary N) is 2. The molecule has 2 aliphatic heterocycles. The van der Waals surface area contributed by atoms with Crippen LogP contribution in [0.25, 0.3) is 0 Å². The number of carbonyl (C=O) groups is 3. The number of hydrogen-bond acceptors (Lipinski definition) is 5. The number of hydrogen-bond donors (Lipinski definition) is 2. The molecule has 0 aliphatic carbocycles. The van der Waals surface area contributed by atoms with Gasteiger partial charge in [-0.3, -0.25) is 15.0 Å². The van der Waals surface area contributed by atoms with Gasteiger partial charge < -0.3 is 15.0 Å². The first-order valence-electron chi connectivity index (χ1n) is 10.8. The third-order valence-electron chi connectivity index (χ3n) is 6.08. The van der Waals surface area contributed by atoms with Crippen LogP contribution in [0.5, 0.6) is 5.75 Å². The van der Waals surface area contributed by atoms with Gasteiger partial charge in [-0.05, 0) is 49.8 Å². The van der Waals surface area contributed by atoms with Crippen LogP contribution in [0.15, 0.2) is 48.5 Å². The molecule has 1 saturated heterocycles. The number of aryl methyl sites for hydroxylation is 2. The Bertz CT molecular complexity index is 1010. The number of amides is 4. The van der Waals surface area contributed by atoms with Crippen LogP contribution in [0.1, 0.15) is 30.9 Å². The van der Waals surface area contributed by atoms with Crippen molar-refractivity contribution >= 4 is 23.5 Å². The van der Waals surface area contributed by atoms with E-state index in [0.717, 1.165) is 34.7 Å². The molecule has 1 atom stereocenters. The Balaban J connectivity index is 1.41. The molecule has 2 N–H and O–H groups in total. The zero-order chi connectivity index (χ0) is 22.7. The van der Waals surface area contributed by atoms with Gasteiger partial charge in [0, 0.05) is 6.54 Å². The Hall–Kier alpha value is -3.55. The predicted molar refractivity (Wildman–Crippen MR) is 120 cm³/mol. The number of hydrazine groups is 1. The van der Waals surface area contributed by atoms with Gasteiger partial charge in [-0.2, -0.15) is 5.01 Å². The van der Waals surface area contributed by atoms with Gasteiger partial charge in [0.1, 0.15) is 11.3 Å². The molecule has 0 unspecified atom stereocenters. The minimum atomic E-state index is -1.07. The first kappa shape index (κ1) is 21.7. The number of ether oxygens (including phenoxy) is 1. The van der Waals surface area contributed by atoms with Gasteiger partial charge in [0.05, 0.1) is 19.3 Å². The number of fused-ring (bicyclic) bond motifs is 1. The smallest absolute Gasteiger partial charge is 0.344 e. The van der Waals surface area contributed by atoms with Crippen molar-refractivity contribution in [1.29, 1.82) is 0 Å². The van der Waals surface area contributed by atoms with E-state index in [2.05, 4.69) is 10.7 Å². The molecule has 0 saturated carbocycles. The standard InChI is InChI=1S/C24H28N4O4/c1-24(14-13-17-8-4-3-5-9-17)22(30)28(23(31)25-24)26-20(29)16-27-15-7-11-18-10-6-12-19(32-2)21(18)27/h3-6,8-10,12H,7,11,13-16H2,1-2H3,(H,25,31)(H,26,29)/t24-/m0/s1. The van der Waals surface area contributed by atoms with Gasteiger partial charge >= 0.3 is 6.03 Å². The highest BCUT2D eigenvalue weighted by Crippen LogP contribution is 2.35. The average Bonchev–Trinajstić information content (AvgIpc) is 3.01. The zero-order valence-corrected chi connectivity index (χ0v) is 18.4. The summed E-state index contributed by atoms with van der Waals surface area (Å²) in [5.74, 6) is -0.179. The van der Waals surface area contributed by atoms with Crippen LogP contribution in [-0.4, -0.2) is 48.6 Å². The average molecular weight is 437 g/mol. The van der Waals surface area contributed by atoms with Gasteiger partial charge in [0.2, 0.25) is 0 Å². The van der Waals surface area contributed by atoms with Gasteiger partial charge in [-0.15, -0.1) is 0 Å². The molecule has 2 heterocycles. The molecule has 32 heavy (non-hydrogen) atoms. The highest BCUT2D eigenvalue weighted by Gasteiger charge is 2.48. The lowest BCUT2D eigenvalue weighted by atomic mass is 9.93. The van der Waals surface area contributed by atoms with Crippen LogP contribution >= 0.6 is 0 Å². The third kappa shape index (κ3) is 4.26. The maximum absolute atomic E-state index is 13.0. The van der Waals surface area contributed by atoms with Crippen LogP contribution in [0.4, 0.5) is 10.5 Å². The number of rotatable bonds is 7. The molecule has 4 amide bonds. The molecule has 8 heteroatoms. The predicted octanol–water partition coefficient (Wildman–Crippen LogP) is 2.42. The molecular weight excluding hydrogens is 408 g/mol. The lowest BCUT2D eigenvalue weighted by molar-refractivity contribution is -0.138. The maximum atomic E-state index is 13.0. The maximum Gasteiger partial charge on any atom is 0.344 e. The first-order chi connectivity index (χ1) is 15.4. The molecule has 2 aromatic carbocycles. The lowest BCUT2D eigenvalue weighted by Crippen LogP contribution is -2.51. The Morgan fingerprint density at radius 2 is 1.94 bits per heavy atom. The van der Waals surface area contributed by atoms with Crippen molar-refractivity contribution in [2.45, 2.75) is 38.1 Å². The Morgan fingerprint density at radius 1 is 1.16 bits per heavy atom. The van der Waals surface area contributed by atoms with Crippen molar-refractivity contribution in [3.63, 3.8) is 0 Å². The second-order valence-electron chi connectivity index (χ2n) is 8.42. The van der Waals surface area contributed by atoms with Crippen molar-refractivity contribution in [3.8, 4) is 5.75 Å². The van der Waals surface area contributed by atoms with Crippen molar-refractivity contribution in [2.75, 3.05) is 25.1 Å². The van der Waals surface area contributed by atoms with Crippen LogP contribution in [0, 0.1) is 0 Å². The van der Waals surface area contributed by atoms with E-state index in [1.165, 1.54) is 0 Å². The normalized spacial score (nSPS) is 20.1. The van der Waals surface area contributed by atoms with Gasteiger partial charge in [-0.1, -0.05) is 42.5 Å². The summed E-state index contributed by atoms with van der Waals surface area (Å²) >= 11 is 0. The largest absolute Gasteiger partial charge is 0.495 e. The van der Waals surface area contributed by atoms with Crippen LogP contribution in [0.3, 0.4) is 0 Å². The van der Waals surface area contributed by atoms with E-state index in [9.17, 15) is 14.4 Å². The van der Waals surface area contributed by atoms with E-state index in [0.29, 0.717) is 25.1 Å². The molecule has 1 fully saturated rings. The second kappa shape index (κ2) is 8.90. The summed E-state index contributed by atoms with van der Waals surface area (Å²) in [5.41, 5.74) is 4.52. The highest BCUT2D eigenvalue weighted by atomic mass is 16.5. The molecule has 0 aromatic heterocycles. The number of carbonyl (C=O) groups excluding carboxylic acids is 3. The quantitative estimate of drug-likeness (QED) is 0.651. The monoisotopic (exact) mass is 436 g/mol. The SMILES string of the molecule is COc1cccc2c1N(CC(=O)NN1C(=O)N[C@@](C)(CCc3ccccc3)C1=O)CCC2. The van der Waals surface area contributed by atoms with E-state index in [4.69, 9.17) is 4.74 Å². The number of anilines is 1. The number of methoxy groups -OCH3 is 1. The van der Waals surface area contributed by atoms with E-state index in [-0.39, 0.29) is 6.54 Å². The molecule has 0 spiro atoms. The van der Waals surface area contributed by atoms with Crippen molar-refractivity contribution in [1.82, 2.24) is 15.8 Å². The molecule has 168 valence electrons. The number of urea groups is 1. The minimum Gasteiger partial charge on any atom is -0.495 e. The van der Waals surface area contributed by atoms with E-state index >= 15 is 0 Å². The number of imide groups is 1. The van der Waals surface area contributed by atoms with E-state index < -0.39 is 23.4 Å². The van der Waals surface area contributed by atoms with Gasteiger partial charge in [0.25, 0.3) is 11.8 Å². The molecule has 2 aromatic rings. The van der Waals surface area contributed by atoms with Crippen LogP contribution < -0.4 is 20.4 Å². The topological polar surface area (TPSA) is 91.0 Å². The first-order valence-corrected chi connectivity index (χ1v) is 10.8.